The van der Waals surface area contributed by atoms with Crippen molar-refractivity contribution in [1.82, 2.24) is 10.2 Å². The summed E-state index contributed by atoms with van der Waals surface area (Å²) in [6, 6.07) is 19.8. The number of nitrogens with one attached hydrogen (secondary N) is 3. The van der Waals surface area contributed by atoms with Gasteiger partial charge in [0, 0.05) is 34.8 Å². The molecule has 0 atom stereocenters. The highest BCUT2D eigenvalue weighted by molar-refractivity contribution is 7.92. The van der Waals surface area contributed by atoms with Crippen LogP contribution in [-0.4, -0.2) is 37.7 Å². The van der Waals surface area contributed by atoms with Gasteiger partial charge in [0.05, 0.1) is 10.6 Å². The molecule has 0 fully saturated rings. The Morgan fingerprint density at radius 3 is 2.44 bits per heavy atom. The van der Waals surface area contributed by atoms with Crippen LogP contribution in [0.15, 0.2) is 83.9 Å². The van der Waals surface area contributed by atoms with Crippen molar-refractivity contribution >= 4 is 27.3 Å². The number of ether oxygens (including phenoxy) is 2. The summed E-state index contributed by atoms with van der Waals surface area (Å²) in [5.41, 5.74) is 3.06. The molecule has 0 unspecified atom stereocenters. The number of hydrogen-bond donors (Lipinski definition) is 3. The van der Waals surface area contributed by atoms with E-state index in [9.17, 15) is 13.2 Å². The number of carbonyl (C=O) groups is 1. The van der Waals surface area contributed by atoms with Gasteiger partial charge in [-0.25, -0.2) is 8.42 Å². The van der Waals surface area contributed by atoms with E-state index in [-0.39, 0.29) is 10.8 Å². The quantitative estimate of drug-likeness (QED) is 0.388. The number of hydrogen-bond acceptors (Lipinski definition) is 6. The first-order valence-electron chi connectivity index (χ1n) is 10.4. The molecule has 4 aromatic rings. The maximum Gasteiger partial charge on any atom is 0.262 e. The van der Waals surface area contributed by atoms with E-state index in [1.807, 2.05) is 24.3 Å². The molecule has 34 heavy (non-hydrogen) atoms. The highest BCUT2D eigenvalue weighted by Crippen LogP contribution is 2.32. The van der Waals surface area contributed by atoms with Gasteiger partial charge in [-0.15, -0.1) is 0 Å². The molecule has 3 N–H and O–H groups in total. The van der Waals surface area contributed by atoms with Crippen LogP contribution in [0.4, 0.5) is 11.4 Å². The Labute approximate surface area is 195 Å². The molecule has 0 radical (unpaired) electrons. The van der Waals surface area contributed by atoms with Crippen LogP contribution < -0.4 is 19.5 Å². The summed E-state index contributed by atoms with van der Waals surface area (Å²) in [4.78, 5) is 12.7. The number of sulfonamides is 1. The zero-order chi connectivity index (χ0) is 23.5. The Bertz CT molecular complexity index is 1430. The van der Waals surface area contributed by atoms with E-state index < -0.39 is 10.0 Å². The van der Waals surface area contributed by atoms with Gasteiger partial charge < -0.3 is 14.8 Å². The summed E-state index contributed by atoms with van der Waals surface area (Å²) in [6.45, 7) is 0.786. The van der Waals surface area contributed by atoms with Crippen molar-refractivity contribution in [2.24, 2.45) is 0 Å². The largest absolute Gasteiger partial charge is 0.486 e. The van der Waals surface area contributed by atoms with Gasteiger partial charge in [-0.3, -0.25) is 14.6 Å². The lowest BCUT2D eigenvalue weighted by molar-refractivity contribution is 0.102. The number of aromatic amines is 1. The van der Waals surface area contributed by atoms with Crippen LogP contribution in [0.5, 0.6) is 11.5 Å². The second-order valence-electron chi connectivity index (χ2n) is 7.49. The number of nitrogens with zero attached hydrogens (tertiary/aromatic N) is 1. The average molecular weight is 477 g/mol. The maximum atomic E-state index is 12.8. The number of rotatable bonds is 6. The SMILES string of the molecule is O=C(Nc1cccc(-c2ccn[nH]2)c1)c1ccc(NS(=O)(=O)c2ccc3c(c2)OCCO3)cc1. The molecule has 0 aliphatic carbocycles. The number of anilines is 2. The molecule has 1 amide bonds. The maximum absolute atomic E-state index is 12.8. The van der Waals surface area contributed by atoms with Crippen molar-refractivity contribution in [2.45, 2.75) is 4.90 Å². The summed E-state index contributed by atoms with van der Waals surface area (Å²) in [5, 5.41) is 9.67. The topological polar surface area (TPSA) is 122 Å². The van der Waals surface area contributed by atoms with Gasteiger partial charge in [-0.1, -0.05) is 12.1 Å². The number of benzene rings is 3. The normalized spacial score (nSPS) is 12.7. The van der Waals surface area contributed by atoms with Gasteiger partial charge in [-0.05, 0) is 54.6 Å². The predicted molar refractivity (Wildman–Crippen MR) is 127 cm³/mol. The number of H-pyrrole nitrogens is 1. The first kappa shape index (κ1) is 21.5. The molecule has 5 rings (SSSR count). The zero-order valence-corrected chi connectivity index (χ0v) is 18.6. The van der Waals surface area contributed by atoms with Crippen LogP contribution in [-0.2, 0) is 10.0 Å². The molecule has 1 aromatic heterocycles. The molecule has 1 aliphatic heterocycles. The minimum absolute atomic E-state index is 0.0516. The number of amides is 1. The summed E-state index contributed by atoms with van der Waals surface area (Å²) in [5.74, 6) is 0.580. The Balaban J connectivity index is 1.27. The van der Waals surface area contributed by atoms with Gasteiger partial charge in [0.2, 0.25) is 0 Å². The highest BCUT2D eigenvalue weighted by Gasteiger charge is 2.19. The van der Waals surface area contributed by atoms with Crippen LogP contribution in [0.2, 0.25) is 0 Å². The third kappa shape index (κ3) is 4.57. The van der Waals surface area contributed by atoms with Crippen molar-refractivity contribution in [3.8, 4) is 22.8 Å². The van der Waals surface area contributed by atoms with Crippen LogP contribution in [0.25, 0.3) is 11.3 Å². The molecule has 0 saturated carbocycles. The molecule has 0 saturated heterocycles. The Morgan fingerprint density at radius 1 is 0.882 bits per heavy atom. The number of fused-ring (bicyclic) bond motifs is 1. The Kier molecular flexibility index (Phi) is 5.64. The molecular formula is C24H20N4O5S. The summed E-state index contributed by atoms with van der Waals surface area (Å²) in [7, 11) is -3.85. The van der Waals surface area contributed by atoms with Crippen LogP contribution >= 0.6 is 0 Å². The van der Waals surface area contributed by atoms with Gasteiger partial charge in [0.15, 0.2) is 11.5 Å². The standard InChI is InChI=1S/C24H20N4O5S/c29-24(26-19-3-1-2-17(14-19)21-10-11-25-27-21)16-4-6-18(7-5-16)28-34(30,31)20-8-9-22-23(15-20)33-13-12-32-22/h1-11,14-15,28H,12-13H2,(H,25,27)(H,26,29). The zero-order valence-electron chi connectivity index (χ0n) is 17.8. The van der Waals surface area contributed by atoms with E-state index in [2.05, 4.69) is 20.2 Å². The van der Waals surface area contributed by atoms with Crippen molar-refractivity contribution in [3.05, 3.63) is 84.6 Å². The number of carbonyl (C=O) groups excluding carboxylic acids is 1. The van der Waals surface area contributed by atoms with Crippen LogP contribution in [0.3, 0.4) is 0 Å². The fraction of sp³-hybridized carbons (Fsp3) is 0.0833. The molecule has 9 nitrogen and oxygen atoms in total. The predicted octanol–water partition coefficient (Wildman–Crippen LogP) is 3.90. The van der Waals surface area contributed by atoms with Crippen LogP contribution in [0, 0.1) is 0 Å². The molecule has 2 heterocycles. The number of aromatic nitrogens is 2. The second-order valence-corrected chi connectivity index (χ2v) is 9.18. The lowest BCUT2D eigenvalue weighted by Crippen LogP contribution is -2.17. The molecule has 0 bridgehead atoms. The second kappa shape index (κ2) is 8.91. The van der Waals surface area contributed by atoms with Gasteiger partial charge in [0.1, 0.15) is 13.2 Å². The first-order valence-corrected chi connectivity index (χ1v) is 11.9. The Hall–Kier alpha value is -4.31. The molecule has 172 valence electrons. The Morgan fingerprint density at radius 2 is 1.68 bits per heavy atom. The minimum atomic E-state index is -3.85. The fourth-order valence-electron chi connectivity index (χ4n) is 3.48. The van der Waals surface area contributed by atoms with Gasteiger partial charge in [0.25, 0.3) is 15.9 Å². The lowest BCUT2D eigenvalue weighted by Gasteiger charge is -2.19. The molecule has 10 heteroatoms. The average Bonchev–Trinajstić information content (AvgIpc) is 3.39. The molecule has 1 aliphatic rings. The lowest BCUT2D eigenvalue weighted by atomic mass is 10.1. The van der Waals surface area contributed by atoms with Crippen molar-refractivity contribution < 1.29 is 22.7 Å². The highest BCUT2D eigenvalue weighted by atomic mass is 32.2. The van der Waals surface area contributed by atoms with Crippen molar-refractivity contribution in [2.75, 3.05) is 23.3 Å². The van der Waals surface area contributed by atoms with Gasteiger partial charge >= 0.3 is 0 Å². The molecule has 3 aromatic carbocycles. The minimum Gasteiger partial charge on any atom is -0.486 e. The van der Waals surface area contributed by atoms with Crippen molar-refractivity contribution in [1.29, 1.82) is 0 Å². The monoisotopic (exact) mass is 476 g/mol. The van der Waals surface area contributed by atoms with E-state index in [1.165, 1.54) is 24.3 Å². The molecular weight excluding hydrogens is 456 g/mol. The van der Waals surface area contributed by atoms with E-state index in [1.54, 1.807) is 30.5 Å². The third-order valence-electron chi connectivity index (χ3n) is 5.16. The summed E-state index contributed by atoms with van der Waals surface area (Å²) < 4.78 is 39.0. The van der Waals surface area contributed by atoms with E-state index in [0.717, 1.165) is 11.3 Å². The fourth-order valence-corrected chi connectivity index (χ4v) is 4.55. The third-order valence-corrected chi connectivity index (χ3v) is 6.53. The van der Waals surface area contributed by atoms with E-state index in [4.69, 9.17) is 9.47 Å². The van der Waals surface area contributed by atoms with Gasteiger partial charge in [-0.2, -0.15) is 5.10 Å². The summed E-state index contributed by atoms with van der Waals surface area (Å²) >= 11 is 0. The molecule has 0 spiro atoms. The van der Waals surface area contributed by atoms with E-state index in [0.29, 0.717) is 41.7 Å². The summed E-state index contributed by atoms with van der Waals surface area (Å²) in [6.07, 6.45) is 1.66. The smallest absolute Gasteiger partial charge is 0.262 e. The first-order chi connectivity index (χ1) is 16.5. The van der Waals surface area contributed by atoms with Crippen molar-refractivity contribution in [3.63, 3.8) is 0 Å². The van der Waals surface area contributed by atoms with Crippen LogP contribution in [0.1, 0.15) is 10.4 Å². The van der Waals surface area contributed by atoms with E-state index >= 15 is 0 Å².